The predicted molar refractivity (Wildman–Crippen MR) is 115 cm³/mol. The van der Waals surface area contributed by atoms with Crippen LogP contribution < -0.4 is 9.80 Å². The highest BCUT2D eigenvalue weighted by Crippen LogP contribution is 2.35. The Morgan fingerprint density at radius 1 is 1.23 bits per heavy atom. The third-order valence-electron chi connectivity index (χ3n) is 5.58. The summed E-state index contributed by atoms with van der Waals surface area (Å²) in [6.07, 6.45) is -3.44. The third-order valence-corrected chi connectivity index (χ3v) is 5.86. The highest BCUT2D eigenvalue weighted by Gasteiger charge is 2.37. The molecule has 1 aromatic carbocycles. The molecular formula is C21H23ClF3N5O. The van der Waals surface area contributed by atoms with Gasteiger partial charge in [-0.15, -0.1) is 0 Å². The Labute approximate surface area is 182 Å². The van der Waals surface area contributed by atoms with Crippen LogP contribution in [0.1, 0.15) is 38.0 Å². The van der Waals surface area contributed by atoms with Gasteiger partial charge in [-0.1, -0.05) is 11.6 Å². The highest BCUT2D eigenvalue weighted by atomic mass is 35.5. The first kappa shape index (κ1) is 21.7. The standard InChI is InChI=1S/C21H23ClF3N5O/c1-12(31)13-8-15(22)18(26-10-13)29-6-7-30(20(2,3)11-29)19-27-16-5-4-14(21(23,24)25)9-17(16)28-19/h4-5,8-10,12,31H,6-7,11H2,1-3H3,(H,27,28)/t12-/m0/s1. The average Bonchev–Trinajstić information content (AvgIpc) is 3.09. The second-order valence-electron chi connectivity index (χ2n) is 8.43. The lowest BCUT2D eigenvalue weighted by Crippen LogP contribution is -2.60. The summed E-state index contributed by atoms with van der Waals surface area (Å²) < 4.78 is 39.1. The number of fused-ring (bicyclic) bond motifs is 1. The van der Waals surface area contributed by atoms with Crippen molar-refractivity contribution in [1.29, 1.82) is 0 Å². The quantitative estimate of drug-likeness (QED) is 0.597. The van der Waals surface area contributed by atoms with Crippen molar-refractivity contribution in [1.82, 2.24) is 15.0 Å². The first-order valence-electron chi connectivity index (χ1n) is 9.89. The van der Waals surface area contributed by atoms with Gasteiger partial charge in [0, 0.05) is 31.4 Å². The molecule has 0 unspecified atom stereocenters. The zero-order valence-electron chi connectivity index (χ0n) is 17.3. The number of hydrogen-bond donors (Lipinski definition) is 2. The number of aromatic amines is 1. The van der Waals surface area contributed by atoms with E-state index in [2.05, 4.69) is 24.8 Å². The minimum Gasteiger partial charge on any atom is -0.389 e. The first-order valence-corrected chi connectivity index (χ1v) is 10.3. The Balaban J connectivity index is 1.59. The molecule has 0 radical (unpaired) electrons. The van der Waals surface area contributed by atoms with Gasteiger partial charge >= 0.3 is 6.18 Å². The molecule has 1 aliphatic heterocycles. The van der Waals surface area contributed by atoms with E-state index in [1.54, 1.807) is 19.2 Å². The molecule has 2 N–H and O–H groups in total. The van der Waals surface area contributed by atoms with Gasteiger partial charge in [-0.05, 0) is 45.0 Å². The van der Waals surface area contributed by atoms with Crippen LogP contribution in [-0.2, 0) is 6.18 Å². The zero-order valence-corrected chi connectivity index (χ0v) is 18.1. The number of benzene rings is 1. The third kappa shape index (κ3) is 4.16. The molecule has 1 saturated heterocycles. The van der Waals surface area contributed by atoms with Crippen LogP contribution in [0.3, 0.4) is 0 Å². The number of halogens is 4. The van der Waals surface area contributed by atoms with Gasteiger partial charge in [-0.3, -0.25) is 0 Å². The average molecular weight is 454 g/mol. The lowest BCUT2D eigenvalue weighted by Gasteiger charge is -2.47. The van der Waals surface area contributed by atoms with E-state index in [9.17, 15) is 18.3 Å². The second kappa shape index (κ2) is 7.56. The van der Waals surface area contributed by atoms with Gasteiger partial charge in [-0.2, -0.15) is 13.2 Å². The van der Waals surface area contributed by atoms with E-state index in [4.69, 9.17) is 11.6 Å². The number of rotatable bonds is 3. The molecular weight excluding hydrogens is 431 g/mol. The van der Waals surface area contributed by atoms with Crippen LogP contribution in [0.15, 0.2) is 30.5 Å². The summed E-state index contributed by atoms with van der Waals surface area (Å²) in [4.78, 5) is 16.1. The van der Waals surface area contributed by atoms with Gasteiger partial charge in [0.25, 0.3) is 0 Å². The number of imidazole rings is 1. The van der Waals surface area contributed by atoms with E-state index in [1.807, 2.05) is 13.8 Å². The molecule has 3 aromatic rings. The summed E-state index contributed by atoms with van der Waals surface area (Å²) in [5.74, 6) is 1.17. The maximum absolute atomic E-state index is 13.0. The van der Waals surface area contributed by atoms with Crippen molar-refractivity contribution < 1.29 is 18.3 Å². The summed E-state index contributed by atoms with van der Waals surface area (Å²) in [5.41, 5.74) is 0.376. The molecule has 4 rings (SSSR count). The van der Waals surface area contributed by atoms with E-state index in [-0.39, 0.29) is 0 Å². The Hall–Kier alpha value is -2.52. The molecule has 1 fully saturated rings. The van der Waals surface area contributed by atoms with E-state index >= 15 is 0 Å². The van der Waals surface area contributed by atoms with Crippen molar-refractivity contribution in [2.75, 3.05) is 29.4 Å². The topological polar surface area (TPSA) is 68.3 Å². The summed E-state index contributed by atoms with van der Waals surface area (Å²) in [6, 6.07) is 5.23. The summed E-state index contributed by atoms with van der Waals surface area (Å²) in [5, 5.41) is 10.2. The summed E-state index contributed by atoms with van der Waals surface area (Å²) >= 11 is 6.42. The number of hydrogen-bond acceptors (Lipinski definition) is 5. The molecule has 0 spiro atoms. The van der Waals surface area contributed by atoms with Gasteiger partial charge in [0.15, 0.2) is 0 Å². The van der Waals surface area contributed by atoms with Gasteiger partial charge in [0.05, 0.1) is 33.3 Å². The largest absolute Gasteiger partial charge is 0.416 e. The van der Waals surface area contributed by atoms with Crippen LogP contribution in [0.5, 0.6) is 0 Å². The van der Waals surface area contributed by atoms with Crippen LogP contribution in [0.2, 0.25) is 5.02 Å². The van der Waals surface area contributed by atoms with E-state index in [0.717, 1.165) is 12.1 Å². The van der Waals surface area contributed by atoms with Gasteiger partial charge in [0.2, 0.25) is 5.95 Å². The molecule has 0 saturated carbocycles. The number of aliphatic hydroxyl groups is 1. The molecule has 166 valence electrons. The number of piperazine rings is 1. The molecule has 1 atom stereocenters. The molecule has 3 heterocycles. The number of anilines is 2. The normalized spacial score (nSPS) is 17.9. The lowest BCUT2D eigenvalue weighted by atomic mass is 9.99. The van der Waals surface area contributed by atoms with Crippen LogP contribution >= 0.6 is 11.6 Å². The Morgan fingerprint density at radius 3 is 2.58 bits per heavy atom. The van der Waals surface area contributed by atoms with Crippen molar-refractivity contribution in [3.05, 3.63) is 46.6 Å². The molecule has 2 aromatic heterocycles. The number of pyridine rings is 1. The fourth-order valence-corrected chi connectivity index (χ4v) is 4.23. The molecule has 0 bridgehead atoms. The number of alkyl halides is 3. The lowest BCUT2D eigenvalue weighted by molar-refractivity contribution is -0.137. The number of H-pyrrole nitrogens is 1. The van der Waals surface area contributed by atoms with Crippen LogP contribution in [-0.4, -0.2) is 45.2 Å². The number of aliphatic hydroxyl groups excluding tert-OH is 1. The number of nitrogens with one attached hydrogen (secondary N) is 1. The maximum Gasteiger partial charge on any atom is 0.416 e. The predicted octanol–water partition coefficient (Wildman–Crippen LogP) is 4.79. The van der Waals surface area contributed by atoms with Crippen molar-refractivity contribution in [3.8, 4) is 0 Å². The van der Waals surface area contributed by atoms with Gasteiger partial charge < -0.3 is 19.9 Å². The molecule has 31 heavy (non-hydrogen) atoms. The number of aromatic nitrogens is 3. The number of nitrogens with zero attached hydrogens (tertiary/aromatic N) is 4. The molecule has 0 amide bonds. The van der Waals surface area contributed by atoms with Crippen molar-refractivity contribution in [3.63, 3.8) is 0 Å². The second-order valence-corrected chi connectivity index (χ2v) is 8.83. The van der Waals surface area contributed by atoms with Crippen molar-refractivity contribution in [2.45, 2.75) is 38.6 Å². The highest BCUT2D eigenvalue weighted by molar-refractivity contribution is 6.33. The molecule has 10 heteroatoms. The zero-order chi connectivity index (χ0) is 22.6. The Kier molecular flexibility index (Phi) is 5.29. The monoisotopic (exact) mass is 453 g/mol. The minimum atomic E-state index is -4.40. The maximum atomic E-state index is 13.0. The van der Waals surface area contributed by atoms with Crippen molar-refractivity contribution in [2.24, 2.45) is 0 Å². The van der Waals surface area contributed by atoms with E-state index in [1.165, 1.54) is 6.07 Å². The Bertz CT molecular complexity index is 1110. The van der Waals surface area contributed by atoms with Crippen LogP contribution in [0.25, 0.3) is 11.0 Å². The fraction of sp³-hybridized carbons (Fsp3) is 0.429. The van der Waals surface area contributed by atoms with E-state index in [0.29, 0.717) is 53.0 Å². The SMILES string of the molecule is C[C@H](O)c1cnc(N2CCN(c3nc4ccc(C(F)(F)F)cc4[nH]3)C(C)(C)C2)c(Cl)c1. The van der Waals surface area contributed by atoms with Crippen LogP contribution in [0.4, 0.5) is 24.9 Å². The van der Waals surface area contributed by atoms with Gasteiger partial charge in [0.1, 0.15) is 5.82 Å². The van der Waals surface area contributed by atoms with Crippen LogP contribution in [0, 0.1) is 0 Å². The smallest absolute Gasteiger partial charge is 0.389 e. The van der Waals surface area contributed by atoms with E-state index < -0.39 is 23.4 Å². The molecule has 1 aliphatic rings. The molecule has 0 aliphatic carbocycles. The first-order chi connectivity index (χ1) is 14.5. The summed E-state index contributed by atoms with van der Waals surface area (Å²) in [7, 11) is 0. The minimum absolute atomic E-state index is 0.349. The summed E-state index contributed by atoms with van der Waals surface area (Å²) in [6.45, 7) is 7.49. The van der Waals surface area contributed by atoms with Gasteiger partial charge in [-0.25, -0.2) is 9.97 Å². The fourth-order valence-electron chi connectivity index (χ4n) is 3.94. The Morgan fingerprint density at radius 2 is 1.97 bits per heavy atom. The molecule has 6 nitrogen and oxygen atoms in total. The van der Waals surface area contributed by atoms with Crippen molar-refractivity contribution >= 4 is 34.4 Å².